The molecule has 0 radical (unpaired) electrons. The average Bonchev–Trinajstić information content (AvgIpc) is 2.54. The van der Waals surface area contributed by atoms with Gasteiger partial charge in [0, 0.05) is 13.1 Å². The van der Waals surface area contributed by atoms with E-state index in [-0.39, 0.29) is 5.82 Å². The summed E-state index contributed by atoms with van der Waals surface area (Å²) in [6, 6.07) is 7.62. The molecule has 6 nitrogen and oxygen atoms in total. The molecule has 1 aromatic carbocycles. The maximum absolute atomic E-state index is 13.1. The molecule has 1 aromatic heterocycles. The lowest BCUT2D eigenvalue weighted by Gasteiger charge is -2.24. The number of hydrogen-bond acceptors (Lipinski definition) is 4. The number of hydrogen-bond donors (Lipinski definition) is 0. The summed E-state index contributed by atoms with van der Waals surface area (Å²) in [5.74, 6) is 0.213. The van der Waals surface area contributed by atoms with Crippen LogP contribution in [-0.2, 0) is 23.1 Å². The minimum Gasteiger partial charge on any atom is -0.267 e. The van der Waals surface area contributed by atoms with Crippen molar-refractivity contribution in [3.05, 3.63) is 51.7 Å². The van der Waals surface area contributed by atoms with Gasteiger partial charge >= 0.3 is 10.2 Å². The van der Waals surface area contributed by atoms with Crippen molar-refractivity contribution in [3.63, 3.8) is 0 Å². The van der Waals surface area contributed by atoms with Crippen molar-refractivity contribution in [1.82, 2.24) is 13.3 Å². The zero-order valence-corrected chi connectivity index (χ0v) is 14.9. The van der Waals surface area contributed by atoms with Gasteiger partial charge in [0.2, 0.25) is 0 Å². The van der Waals surface area contributed by atoms with Gasteiger partial charge in [-0.2, -0.15) is 16.7 Å². The highest BCUT2D eigenvalue weighted by Gasteiger charge is 2.29. The van der Waals surface area contributed by atoms with Crippen molar-refractivity contribution < 1.29 is 8.42 Å². The van der Waals surface area contributed by atoms with E-state index >= 15 is 0 Å². The van der Waals surface area contributed by atoms with Crippen molar-refractivity contribution in [1.29, 1.82) is 0 Å². The molecule has 2 aromatic rings. The van der Waals surface area contributed by atoms with Gasteiger partial charge in [-0.05, 0) is 30.9 Å². The van der Waals surface area contributed by atoms with Crippen LogP contribution in [0.3, 0.4) is 0 Å². The summed E-state index contributed by atoms with van der Waals surface area (Å²) in [6.07, 6.45) is 1.45. The van der Waals surface area contributed by atoms with E-state index in [9.17, 15) is 13.2 Å². The summed E-state index contributed by atoms with van der Waals surface area (Å²) in [5, 5.41) is 0. The Balaban J connectivity index is 2.32. The molecule has 1 aliphatic carbocycles. The molecule has 0 unspecified atom stereocenters. The van der Waals surface area contributed by atoms with Crippen molar-refractivity contribution in [2.45, 2.75) is 33.6 Å². The van der Waals surface area contributed by atoms with E-state index in [4.69, 9.17) is 0 Å². The van der Waals surface area contributed by atoms with Crippen LogP contribution in [0.5, 0.6) is 0 Å². The summed E-state index contributed by atoms with van der Waals surface area (Å²) < 4.78 is 27.9. The summed E-state index contributed by atoms with van der Waals surface area (Å²) >= 11 is 0. The lowest BCUT2D eigenvalue weighted by molar-refractivity contribution is 0.435. The molecule has 0 fully saturated rings. The molecule has 0 saturated carbocycles. The third kappa shape index (κ3) is 2.48. The van der Waals surface area contributed by atoms with Gasteiger partial charge in [-0.1, -0.05) is 38.1 Å². The third-order valence-electron chi connectivity index (χ3n) is 4.46. The van der Waals surface area contributed by atoms with Gasteiger partial charge in [0.05, 0.1) is 11.3 Å². The first-order valence-corrected chi connectivity index (χ1v) is 9.53. The van der Waals surface area contributed by atoms with Gasteiger partial charge in [-0.15, -0.1) is 0 Å². The first-order valence-electron chi connectivity index (χ1n) is 8.13. The number of aryl methyl sites for hydroxylation is 3. The monoisotopic (exact) mass is 347 g/mol. The Morgan fingerprint density at radius 3 is 2.50 bits per heavy atom. The number of nitrogens with zero attached hydrogens (tertiary/aromatic N) is 3. The molecule has 0 atom stereocenters. The van der Waals surface area contributed by atoms with E-state index < -0.39 is 15.8 Å². The second kappa shape index (κ2) is 6.14. The lowest BCUT2D eigenvalue weighted by atomic mass is 9.89. The molecule has 24 heavy (non-hydrogen) atoms. The van der Waals surface area contributed by atoms with Crippen LogP contribution in [0.2, 0.25) is 0 Å². The summed E-state index contributed by atoms with van der Waals surface area (Å²) in [4.78, 5) is 17.5. The predicted octanol–water partition coefficient (Wildman–Crippen LogP) is 1.75. The maximum Gasteiger partial charge on any atom is 0.311 e. The van der Waals surface area contributed by atoms with Crippen LogP contribution in [0.25, 0.3) is 11.1 Å². The van der Waals surface area contributed by atoms with Gasteiger partial charge in [0.25, 0.3) is 5.56 Å². The normalized spacial score (nSPS) is 13.7. The van der Waals surface area contributed by atoms with Gasteiger partial charge in [0.1, 0.15) is 5.82 Å². The van der Waals surface area contributed by atoms with E-state index in [0.717, 1.165) is 21.5 Å². The van der Waals surface area contributed by atoms with Crippen molar-refractivity contribution in [3.8, 4) is 11.1 Å². The van der Waals surface area contributed by atoms with Gasteiger partial charge in [0.15, 0.2) is 0 Å². The first kappa shape index (κ1) is 16.9. The molecule has 0 spiro atoms. The van der Waals surface area contributed by atoms with Crippen LogP contribution in [-0.4, -0.2) is 34.8 Å². The number of benzene rings is 1. The van der Waals surface area contributed by atoms with Crippen molar-refractivity contribution in [2.75, 3.05) is 13.1 Å². The highest BCUT2D eigenvalue weighted by atomic mass is 32.2. The van der Waals surface area contributed by atoms with Crippen LogP contribution in [0.1, 0.15) is 30.9 Å². The highest BCUT2D eigenvalue weighted by molar-refractivity contribution is 7.87. The molecule has 7 heteroatoms. The smallest absolute Gasteiger partial charge is 0.267 e. The van der Waals surface area contributed by atoms with Gasteiger partial charge < -0.3 is 0 Å². The average molecular weight is 347 g/mol. The van der Waals surface area contributed by atoms with Crippen molar-refractivity contribution >= 4 is 10.2 Å². The molecule has 0 aliphatic heterocycles. The van der Waals surface area contributed by atoms with E-state index in [1.165, 1.54) is 4.31 Å². The fraction of sp³-hybridized carbons (Fsp3) is 0.412. The topological polar surface area (TPSA) is 72.3 Å². The molecular formula is C17H21N3O3S. The van der Waals surface area contributed by atoms with E-state index in [1.807, 2.05) is 24.3 Å². The van der Waals surface area contributed by atoms with Gasteiger partial charge in [-0.25, -0.2) is 4.98 Å². The fourth-order valence-corrected chi connectivity index (χ4v) is 4.85. The quantitative estimate of drug-likeness (QED) is 0.845. The number of rotatable bonds is 4. The molecule has 0 bridgehead atoms. The van der Waals surface area contributed by atoms with Crippen LogP contribution < -0.4 is 5.56 Å². The Labute approximate surface area is 142 Å². The van der Waals surface area contributed by atoms with Gasteiger partial charge in [-0.3, -0.25) is 4.79 Å². The Morgan fingerprint density at radius 1 is 1.17 bits per heavy atom. The largest absolute Gasteiger partial charge is 0.311 e. The second-order valence-electron chi connectivity index (χ2n) is 5.80. The molecule has 0 N–H and O–H groups in total. The Bertz CT molecular complexity index is 944. The predicted molar refractivity (Wildman–Crippen MR) is 93.3 cm³/mol. The third-order valence-corrected chi connectivity index (χ3v) is 6.52. The second-order valence-corrected chi connectivity index (χ2v) is 7.58. The zero-order valence-electron chi connectivity index (χ0n) is 14.1. The molecule has 0 amide bonds. The van der Waals surface area contributed by atoms with Crippen LogP contribution in [0.4, 0.5) is 0 Å². The maximum atomic E-state index is 13.1. The summed E-state index contributed by atoms with van der Waals surface area (Å²) in [7, 11) is -3.92. The van der Waals surface area contributed by atoms with Crippen LogP contribution in [0, 0.1) is 6.92 Å². The molecule has 0 saturated heterocycles. The minimum atomic E-state index is -3.92. The summed E-state index contributed by atoms with van der Waals surface area (Å²) in [5.41, 5.74) is 2.44. The van der Waals surface area contributed by atoms with Crippen molar-refractivity contribution in [2.24, 2.45) is 0 Å². The molecule has 1 aliphatic rings. The lowest BCUT2D eigenvalue weighted by Crippen LogP contribution is -2.43. The minimum absolute atomic E-state index is 0.213. The highest BCUT2D eigenvalue weighted by Crippen LogP contribution is 2.30. The Morgan fingerprint density at radius 2 is 1.83 bits per heavy atom. The molecule has 1 heterocycles. The molecular weight excluding hydrogens is 326 g/mol. The first-order chi connectivity index (χ1) is 11.4. The van der Waals surface area contributed by atoms with Crippen LogP contribution in [0.15, 0.2) is 29.1 Å². The van der Waals surface area contributed by atoms with E-state index in [1.54, 1.807) is 20.8 Å². The Hall–Kier alpha value is -1.99. The zero-order chi connectivity index (χ0) is 17.5. The van der Waals surface area contributed by atoms with Crippen LogP contribution >= 0.6 is 0 Å². The molecule has 128 valence electrons. The molecule has 3 rings (SSSR count). The number of aromatic nitrogens is 2. The fourth-order valence-electron chi connectivity index (χ4n) is 3.29. The number of fused-ring (bicyclic) bond motifs is 3. The summed E-state index contributed by atoms with van der Waals surface area (Å²) in [6.45, 7) is 5.69. The Kier molecular flexibility index (Phi) is 4.31. The standard InChI is InChI=1S/C17H21N3O3S/c1-4-19(5-2)24(22,23)20-12(3)18-15-11-10-13-8-6-7-9-14(13)16(15)17(20)21/h6-9H,4-5,10-11H2,1-3H3. The SMILES string of the molecule is CCN(CC)S(=O)(=O)n1c(C)nc2c(c1=O)-c1ccccc1CC2. The van der Waals surface area contributed by atoms with E-state index in [0.29, 0.717) is 30.8 Å². The van der Waals surface area contributed by atoms with E-state index in [2.05, 4.69) is 4.98 Å².